The Bertz CT molecular complexity index is 1240. The van der Waals surface area contributed by atoms with Gasteiger partial charge in [0.15, 0.2) is 17.6 Å². The first kappa shape index (κ1) is 28.4. The summed E-state index contributed by atoms with van der Waals surface area (Å²) in [5.74, 6) is -4.07. The van der Waals surface area contributed by atoms with Crippen LogP contribution in [0.15, 0.2) is 24.0 Å². The van der Waals surface area contributed by atoms with Crippen LogP contribution in [0.4, 0.5) is 0 Å². The molecular weight excluding hydrogens is 514 g/mol. The average Bonchev–Trinajstić information content (AvgIpc) is 3.23. The van der Waals surface area contributed by atoms with Gasteiger partial charge in [-0.15, -0.1) is 0 Å². The van der Waals surface area contributed by atoms with Crippen molar-refractivity contribution >= 4 is 23.9 Å². The number of likely N-dealkylation sites (tertiary alicyclic amines) is 1. The monoisotopic (exact) mass is 547 g/mol. The van der Waals surface area contributed by atoms with Gasteiger partial charge in [0.25, 0.3) is 0 Å². The third-order valence-electron chi connectivity index (χ3n) is 8.09. The van der Waals surface area contributed by atoms with Crippen LogP contribution in [0.3, 0.4) is 0 Å². The Balaban J connectivity index is 1.80. The van der Waals surface area contributed by atoms with Crippen LogP contribution in [0.5, 0.6) is 11.5 Å². The highest BCUT2D eigenvalue weighted by Crippen LogP contribution is 2.62. The maximum atomic E-state index is 13.3. The van der Waals surface area contributed by atoms with Gasteiger partial charge in [-0.3, -0.25) is 9.59 Å². The largest absolute Gasteiger partial charge is 0.493 e. The van der Waals surface area contributed by atoms with Gasteiger partial charge in [0.1, 0.15) is 5.76 Å². The average molecular weight is 548 g/mol. The Hall–Kier alpha value is -3.64. The number of nitrogens with zero attached hydrogens (tertiary/aromatic N) is 1. The molecule has 2 N–H and O–H groups in total. The Morgan fingerprint density at radius 1 is 1.13 bits per heavy atom. The van der Waals surface area contributed by atoms with Crippen LogP contribution >= 0.6 is 0 Å². The van der Waals surface area contributed by atoms with Crippen LogP contribution in [-0.2, 0) is 38.8 Å². The number of rotatable bonds is 7. The van der Waals surface area contributed by atoms with Crippen LogP contribution in [0.1, 0.15) is 44.7 Å². The van der Waals surface area contributed by atoms with E-state index in [2.05, 4.69) is 0 Å². The number of methoxy groups -OCH3 is 1. The van der Waals surface area contributed by atoms with Crippen molar-refractivity contribution in [1.82, 2.24) is 4.90 Å². The molecule has 0 unspecified atom stereocenters. The number of aliphatic hydroxyl groups is 1. The van der Waals surface area contributed by atoms with Crippen LogP contribution in [-0.4, -0.2) is 89.6 Å². The van der Waals surface area contributed by atoms with Gasteiger partial charge in [0.05, 0.1) is 18.1 Å². The van der Waals surface area contributed by atoms with Gasteiger partial charge in [0, 0.05) is 31.9 Å². The number of carbonyl (C=O) groups is 4. The molecule has 12 nitrogen and oxygen atoms in total. The standard InChI is InChI=1S/C27H33NO11/c1-13-7-8-17(35-6)20-19(13)26-11-12-28(5)14(2)27(26,34)10-9-18(23(26)39-20)38-25(33)22(37-16(4)30)21(24(31)32)36-15(3)29/h7-9,14,21-23,34H,10-12H2,1-6H3,(H,31,32)/t14-,21-,22-,23+,26+,27-/m1/s1. The normalized spacial score (nSPS) is 28.8. The van der Waals surface area contributed by atoms with Crippen LogP contribution < -0.4 is 9.47 Å². The van der Waals surface area contributed by atoms with Gasteiger partial charge >= 0.3 is 23.9 Å². The number of ether oxygens (including phenoxy) is 5. The number of benzene rings is 1. The molecule has 6 atom stereocenters. The molecule has 2 aliphatic heterocycles. The lowest BCUT2D eigenvalue weighted by Crippen LogP contribution is -2.71. The molecule has 1 spiro atoms. The van der Waals surface area contributed by atoms with Crippen molar-refractivity contribution < 1.29 is 53.1 Å². The van der Waals surface area contributed by atoms with E-state index in [1.165, 1.54) is 13.2 Å². The fourth-order valence-electron chi connectivity index (χ4n) is 6.16. The zero-order valence-electron chi connectivity index (χ0n) is 22.7. The number of fused-ring (bicyclic) bond motifs is 1. The summed E-state index contributed by atoms with van der Waals surface area (Å²) in [6.45, 7) is 6.36. The minimum absolute atomic E-state index is 0.0168. The first-order valence-corrected chi connectivity index (χ1v) is 12.5. The molecule has 0 amide bonds. The lowest BCUT2D eigenvalue weighted by molar-refractivity contribution is -0.189. The van der Waals surface area contributed by atoms with E-state index in [-0.39, 0.29) is 18.2 Å². The molecule has 3 aliphatic rings. The van der Waals surface area contributed by atoms with E-state index in [4.69, 9.17) is 23.7 Å². The fraction of sp³-hybridized carbons (Fsp3) is 0.556. The maximum Gasteiger partial charge on any atom is 0.357 e. The highest BCUT2D eigenvalue weighted by atomic mass is 16.6. The molecule has 0 bridgehead atoms. The van der Waals surface area contributed by atoms with E-state index in [1.54, 1.807) is 6.07 Å². The Labute approximate surface area is 225 Å². The minimum atomic E-state index is -2.14. The van der Waals surface area contributed by atoms with Crippen molar-refractivity contribution in [2.24, 2.45) is 0 Å². The molecular formula is C27H33NO11. The molecule has 1 aromatic carbocycles. The van der Waals surface area contributed by atoms with Gasteiger partial charge < -0.3 is 38.8 Å². The molecule has 1 saturated heterocycles. The molecule has 1 aliphatic carbocycles. The molecule has 0 saturated carbocycles. The summed E-state index contributed by atoms with van der Waals surface area (Å²) in [5.41, 5.74) is -0.777. The number of carboxylic acid groups (broad SMARTS) is 1. The minimum Gasteiger partial charge on any atom is -0.493 e. The Morgan fingerprint density at radius 3 is 2.36 bits per heavy atom. The number of esters is 3. The summed E-state index contributed by atoms with van der Waals surface area (Å²) in [7, 11) is 3.42. The molecule has 39 heavy (non-hydrogen) atoms. The Morgan fingerprint density at radius 2 is 1.77 bits per heavy atom. The summed E-state index contributed by atoms with van der Waals surface area (Å²) in [4.78, 5) is 50.5. The van der Waals surface area contributed by atoms with Crippen molar-refractivity contribution in [3.8, 4) is 11.5 Å². The van der Waals surface area contributed by atoms with E-state index in [1.807, 2.05) is 31.9 Å². The molecule has 1 aromatic rings. The van der Waals surface area contributed by atoms with Crippen molar-refractivity contribution in [2.45, 2.75) is 75.9 Å². The topological polar surface area (TPSA) is 158 Å². The SMILES string of the molecule is COc1ccc(C)c2c1O[C@H]1C(OC(=O)[C@H](OC(C)=O)[C@@H](OC(C)=O)C(=O)O)=CC[C@@]3(O)[C@@H](C)N(C)CC[C@]213. The lowest BCUT2D eigenvalue weighted by atomic mass is 9.54. The van der Waals surface area contributed by atoms with E-state index in [0.29, 0.717) is 24.5 Å². The van der Waals surface area contributed by atoms with Crippen molar-refractivity contribution in [3.05, 3.63) is 35.1 Å². The second-order valence-corrected chi connectivity index (χ2v) is 10.2. The lowest BCUT2D eigenvalue weighted by Gasteiger charge is -2.58. The number of likely N-dealkylation sites (N-methyl/N-ethyl adjacent to an activating group) is 1. The molecule has 0 radical (unpaired) electrons. The second-order valence-electron chi connectivity index (χ2n) is 10.2. The van der Waals surface area contributed by atoms with Crippen LogP contribution in [0.2, 0.25) is 0 Å². The predicted octanol–water partition coefficient (Wildman–Crippen LogP) is 1.24. The summed E-state index contributed by atoms with van der Waals surface area (Å²) in [6.07, 6.45) is -3.16. The fourth-order valence-corrected chi connectivity index (χ4v) is 6.16. The molecule has 2 heterocycles. The zero-order valence-corrected chi connectivity index (χ0v) is 22.7. The quantitative estimate of drug-likeness (QED) is 0.372. The molecule has 0 aromatic heterocycles. The summed E-state index contributed by atoms with van der Waals surface area (Å²) in [5, 5.41) is 21.9. The maximum absolute atomic E-state index is 13.3. The van der Waals surface area contributed by atoms with Gasteiger partial charge in [0.2, 0.25) is 12.2 Å². The second kappa shape index (κ2) is 10.2. The number of piperidine rings is 1. The first-order valence-electron chi connectivity index (χ1n) is 12.5. The number of carboxylic acids is 1. The smallest absolute Gasteiger partial charge is 0.357 e. The molecule has 4 rings (SSSR count). The molecule has 1 fully saturated rings. The van der Waals surface area contributed by atoms with Gasteiger partial charge in [-0.05, 0) is 51.6 Å². The number of hydrogen-bond acceptors (Lipinski definition) is 11. The van der Waals surface area contributed by atoms with Crippen molar-refractivity contribution in [2.75, 3.05) is 20.7 Å². The Kier molecular flexibility index (Phi) is 7.39. The first-order chi connectivity index (χ1) is 18.3. The van der Waals surface area contributed by atoms with Gasteiger partial charge in [-0.1, -0.05) is 6.07 Å². The van der Waals surface area contributed by atoms with E-state index >= 15 is 0 Å². The van der Waals surface area contributed by atoms with Gasteiger partial charge in [-0.25, -0.2) is 9.59 Å². The van der Waals surface area contributed by atoms with Crippen molar-refractivity contribution in [3.63, 3.8) is 0 Å². The molecule has 12 heteroatoms. The predicted molar refractivity (Wildman–Crippen MR) is 133 cm³/mol. The van der Waals surface area contributed by atoms with E-state index in [9.17, 15) is 29.4 Å². The number of aliphatic carboxylic acids is 1. The summed E-state index contributed by atoms with van der Waals surface area (Å²) in [6, 6.07) is 3.32. The highest BCUT2D eigenvalue weighted by Gasteiger charge is 2.69. The van der Waals surface area contributed by atoms with E-state index in [0.717, 1.165) is 25.0 Å². The third-order valence-corrected chi connectivity index (χ3v) is 8.09. The summed E-state index contributed by atoms with van der Waals surface area (Å²) >= 11 is 0. The van der Waals surface area contributed by atoms with E-state index < -0.39 is 53.2 Å². The van der Waals surface area contributed by atoms with Crippen LogP contribution in [0, 0.1) is 6.92 Å². The number of aryl methyl sites for hydroxylation is 1. The summed E-state index contributed by atoms with van der Waals surface area (Å²) < 4.78 is 27.4. The van der Waals surface area contributed by atoms with Crippen LogP contribution in [0.25, 0.3) is 0 Å². The zero-order chi connectivity index (χ0) is 28.9. The number of hydrogen-bond donors (Lipinski definition) is 2. The highest BCUT2D eigenvalue weighted by molar-refractivity contribution is 5.88. The third kappa shape index (κ3) is 4.41. The number of carbonyl (C=O) groups excluding carboxylic acids is 3. The van der Waals surface area contributed by atoms with Crippen molar-refractivity contribution in [1.29, 1.82) is 0 Å². The molecule has 212 valence electrons. The van der Waals surface area contributed by atoms with Gasteiger partial charge in [-0.2, -0.15) is 0 Å².